The van der Waals surface area contributed by atoms with Crippen LogP contribution in [0.4, 0.5) is 15.8 Å². The average molecular weight is 355 g/mol. The van der Waals surface area contributed by atoms with Crippen molar-refractivity contribution in [3.8, 4) is 0 Å². The van der Waals surface area contributed by atoms with Crippen LogP contribution in [-0.4, -0.2) is 14.1 Å². The Morgan fingerprint density at radius 1 is 0.760 bits per heavy atom. The monoisotopic (exact) mass is 354 g/mol. The highest BCUT2D eigenvalue weighted by Crippen LogP contribution is 2.36. The molecule has 2 N–H and O–H groups in total. The van der Waals surface area contributed by atoms with Gasteiger partial charge in [-0.15, -0.1) is 0 Å². The van der Waals surface area contributed by atoms with E-state index >= 15 is 0 Å². The highest BCUT2D eigenvalue weighted by Gasteiger charge is 2.21. The number of nitrogens with one attached hydrogen (secondary N) is 2. The lowest BCUT2D eigenvalue weighted by molar-refractivity contribution is 0.607. The van der Waals surface area contributed by atoms with Gasteiger partial charge in [0.05, 0.1) is 5.02 Å². The first-order valence-electron chi connectivity index (χ1n) is 8.13. The van der Waals surface area contributed by atoms with Gasteiger partial charge in [-0.25, -0.2) is 4.39 Å². The third kappa shape index (κ3) is 3.62. The van der Waals surface area contributed by atoms with Gasteiger partial charge in [0.2, 0.25) is 0 Å². The number of benzene rings is 3. The lowest BCUT2D eigenvalue weighted by Crippen LogP contribution is -2.06. The first-order chi connectivity index (χ1) is 12.1. The van der Waals surface area contributed by atoms with Crippen LogP contribution in [0.5, 0.6) is 0 Å². The van der Waals surface area contributed by atoms with Crippen molar-refractivity contribution < 1.29 is 4.39 Å². The van der Waals surface area contributed by atoms with Gasteiger partial charge in [0.25, 0.3) is 0 Å². The Morgan fingerprint density at radius 2 is 1.24 bits per heavy atom. The molecule has 0 unspecified atom stereocenters. The topological polar surface area (TPSA) is 24.1 Å². The molecule has 0 saturated carbocycles. The maximum absolute atomic E-state index is 14.8. The third-order valence-corrected chi connectivity index (χ3v) is 4.65. The molecule has 0 radical (unpaired) electrons. The summed E-state index contributed by atoms with van der Waals surface area (Å²) >= 11 is 6.03. The van der Waals surface area contributed by atoms with Crippen LogP contribution in [0.2, 0.25) is 5.02 Å². The molecular weight excluding hydrogens is 335 g/mol. The molecule has 4 heteroatoms. The van der Waals surface area contributed by atoms with E-state index in [1.54, 1.807) is 18.2 Å². The maximum atomic E-state index is 14.8. The van der Waals surface area contributed by atoms with E-state index in [0.717, 1.165) is 22.5 Å². The van der Waals surface area contributed by atoms with E-state index < -0.39 is 0 Å². The normalized spacial score (nSPS) is 10.8. The number of hydrogen-bond donors (Lipinski definition) is 2. The molecule has 0 heterocycles. The van der Waals surface area contributed by atoms with Gasteiger partial charge in [-0.1, -0.05) is 48.0 Å². The van der Waals surface area contributed by atoms with E-state index in [-0.39, 0.29) is 16.8 Å². The Bertz CT molecular complexity index is 797. The Kier molecular flexibility index (Phi) is 5.25. The molecule has 0 fully saturated rings. The zero-order valence-electron chi connectivity index (χ0n) is 14.2. The van der Waals surface area contributed by atoms with Crippen LogP contribution in [-0.2, 0) is 0 Å². The predicted molar refractivity (Wildman–Crippen MR) is 104 cm³/mol. The molecule has 3 aromatic carbocycles. The van der Waals surface area contributed by atoms with E-state index in [1.165, 1.54) is 0 Å². The van der Waals surface area contributed by atoms with Gasteiger partial charge in [0, 0.05) is 37.0 Å². The summed E-state index contributed by atoms with van der Waals surface area (Å²) in [5.41, 5.74) is 4.62. The lowest BCUT2D eigenvalue weighted by Gasteiger charge is -2.20. The number of anilines is 2. The van der Waals surface area contributed by atoms with Crippen molar-refractivity contribution in [1.29, 1.82) is 0 Å². The Morgan fingerprint density at radius 3 is 1.68 bits per heavy atom. The van der Waals surface area contributed by atoms with Crippen molar-refractivity contribution in [2.45, 2.75) is 5.92 Å². The summed E-state index contributed by atoms with van der Waals surface area (Å²) < 4.78 is 14.8. The standard InChI is InChI=1S/C21H20ClFN2/c1-24-16-10-6-14(7-11-16)20(15-8-12-17(25-2)13-9-15)18-4-3-5-19(22)21(18)23/h3-13,20,24-25H,1-2H3. The second kappa shape index (κ2) is 7.58. The van der Waals surface area contributed by atoms with Crippen molar-refractivity contribution in [1.82, 2.24) is 0 Å². The smallest absolute Gasteiger partial charge is 0.145 e. The summed E-state index contributed by atoms with van der Waals surface area (Å²) in [6.07, 6.45) is 0. The largest absolute Gasteiger partial charge is 0.388 e. The molecule has 25 heavy (non-hydrogen) atoms. The minimum atomic E-state index is -0.371. The van der Waals surface area contributed by atoms with Gasteiger partial charge in [-0.3, -0.25) is 0 Å². The zero-order valence-corrected chi connectivity index (χ0v) is 14.9. The van der Waals surface area contributed by atoms with Crippen LogP contribution < -0.4 is 10.6 Å². The molecule has 0 aliphatic heterocycles. The molecule has 0 aliphatic carbocycles. The molecule has 0 bridgehead atoms. The highest BCUT2D eigenvalue weighted by atomic mass is 35.5. The van der Waals surface area contributed by atoms with Crippen molar-refractivity contribution in [3.63, 3.8) is 0 Å². The molecule has 0 spiro atoms. The summed E-state index contributed by atoms with van der Waals surface area (Å²) in [7, 11) is 3.75. The molecule has 3 aromatic rings. The molecule has 0 aliphatic rings. The van der Waals surface area contributed by atoms with E-state index in [0.29, 0.717) is 5.56 Å². The summed E-state index contributed by atoms with van der Waals surface area (Å²) in [6, 6.07) is 21.2. The molecule has 0 amide bonds. The van der Waals surface area contributed by atoms with Crippen LogP contribution in [0.1, 0.15) is 22.6 Å². The average Bonchev–Trinajstić information content (AvgIpc) is 2.66. The first-order valence-corrected chi connectivity index (χ1v) is 8.51. The lowest BCUT2D eigenvalue weighted by atomic mass is 9.84. The summed E-state index contributed by atoms with van der Waals surface area (Å²) in [6.45, 7) is 0. The zero-order chi connectivity index (χ0) is 17.8. The fourth-order valence-corrected chi connectivity index (χ4v) is 3.16. The predicted octanol–water partition coefficient (Wildman–Crippen LogP) is 5.74. The van der Waals surface area contributed by atoms with Gasteiger partial charge in [0.15, 0.2) is 0 Å². The fourth-order valence-electron chi connectivity index (χ4n) is 2.98. The summed E-state index contributed by atoms with van der Waals surface area (Å²) in [5, 5.41) is 6.35. The first kappa shape index (κ1) is 17.3. The van der Waals surface area contributed by atoms with Crippen molar-refractivity contribution >= 4 is 23.0 Å². The Labute approximate surface area is 152 Å². The van der Waals surface area contributed by atoms with E-state index in [1.807, 2.05) is 62.6 Å². The van der Waals surface area contributed by atoms with E-state index in [9.17, 15) is 4.39 Å². The molecule has 128 valence electrons. The van der Waals surface area contributed by atoms with E-state index in [2.05, 4.69) is 10.6 Å². The van der Waals surface area contributed by atoms with Gasteiger partial charge in [-0.2, -0.15) is 0 Å². The van der Waals surface area contributed by atoms with Gasteiger partial charge in [0.1, 0.15) is 5.82 Å². The number of halogens is 2. The second-order valence-corrected chi connectivity index (χ2v) is 6.23. The molecule has 0 saturated heterocycles. The van der Waals surface area contributed by atoms with Crippen LogP contribution in [0, 0.1) is 5.82 Å². The van der Waals surface area contributed by atoms with Gasteiger partial charge >= 0.3 is 0 Å². The molecule has 3 rings (SSSR count). The Hall–Kier alpha value is -2.52. The minimum Gasteiger partial charge on any atom is -0.388 e. The van der Waals surface area contributed by atoms with Gasteiger partial charge in [-0.05, 0) is 41.5 Å². The van der Waals surface area contributed by atoms with Crippen LogP contribution in [0.15, 0.2) is 66.7 Å². The summed E-state index contributed by atoms with van der Waals surface area (Å²) in [5.74, 6) is -0.597. The molecule has 2 nitrogen and oxygen atoms in total. The second-order valence-electron chi connectivity index (χ2n) is 5.82. The SMILES string of the molecule is CNc1ccc(C(c2ccc(NC)cc2)c2cccc(Cl)c2F)cc1. The third-order valence-electron chi connectivity index (χ3n) is 4.36. The highest BCUT2D eigenvalue weighted by molar-refractivity contribution is 6.30. The Balaban J connectivity index is 2.14. The molecule has 0 aromatic heterocycles. The van der Waals surface area contributed by atoms with E-state index in [4.69, 9.17) is 11.6 Å². The molecule has 0 atom stereocenters. The van der Waals surface area contributed by atoms with Crippen LogP contribution >= 0.6 is 11.6 Å². The van der Waals surface area contributed by atoms with Crippen molar-refractivity contribution in [2.24, 2.45) is 0 Å². The van der Waals surface area contributed by atoms with Crippen LogP contribution in [0.25, 0.3) is 0 Å². The maximum Gasteiger partial charge on any atom is 0.145 e. The number of rotatable bonds is 5. The summed E-state index contributed by atoms with van der Waals surface area (Å²) in [4.78, 5) is 0. The molecular formula is C21H20ClFN2. The van der Waals surface area contributed by atoms with Gasteiger partial charge < -0.3 is 10.6 Å². The minimum absolute atomic E-state index is 0.140. The van der Waals surface area contributed by atoms with Crippen molar-refractivity contribution in [2.75, 3.05) is 24.7 Å². The number of hydrogen-bond acceptors (Lipinski definition) is 2. The quantitative estimate of drug-likeness (QED) is 0.570. The van der Waals surface area contributed by atoms with Crippen molar-refractivity contribution in [3.05, 3.63) is 94.3 Å². The van der Waals surface area contributed by atoms with Crippen LogP contribution in [0.3, 0.4) is 0 Å². The fraction of sp³-hybridized carbons (Fsp3) is 0.143.